The van der Waals surface area contributed by atoms with E-state index in [1.54, 1.807) is 29.1 Å². The Morgan fingerprint density at radius 3 is 2.47 bits per heavy atom. The van der Waals surface area contributed by atoms with E-state index < -0.39 is 5.82 Å². The van der Waals surface area contributed by atoms with Gasteiger partial charge in [0.2, 0.25) is 11.3 Å². The Morgan fingerprint density at radius 1 is 0.933 bits per heavy atom. The maximum Gasteiger partial charge on any atom is 0.228 e. The average molecular weight is 401 g/mol. The lowest BCUT2D eigenvalue weighted by atomic mass is 10.1. The van der Waals surface area contributed by atoms with Crippen LogP contribution >= 0.6 is 0 Å². The SMILES string of the molecule is O=C1CCN1c1ccc(-n2ccc(=O)c(-c3ccnn3-c3ccccc3)n2)c(F)c1. The number of rotatable bonds is 4. The number of nitrogens with zero attached hydrogens (tertiary/aromatic N) is 5. The molecule has 0 unspecified atom stereocenters. The fourth-order valence-electron chi connectivity index (χ4n) is 3.41. The molecule has 0 saturated carbocycles. The summed E-state index contributed by atoms with van der Waals surface area (Å²) in [5, 5.41) is 8.67. The van der Waals surface area contributed by atoms with Gasteiger partial charge >= 0.3 is 0 Å². The molecule has 4 aromatic rings. The van der Waals surface area contributed by atoms with Crippen molar-refractivity contribution in [2.75, 3.05) is 11.4 Å². The fraction of sp³-hybridized carbons (Fsp3) is 0.0909. The molecule has 2 aromatic carbocycles. The first-order valence-corrected chi connectivity index (χ1v) is 9.42. The van der Waals surface area contributed by atoms with Gasteiger partial charge in [0.1, 0.15) is 5.69 Å². The highest BCUT2D eigenvalue weighted by atomic mass is 19.1. The predicted octanol–water partition coefficient (Wildman–Crippen LogP) is 2.96. The number of para-hydroxylation sites is 1. The molecule has 8 heteroatoms. The molecule has 0 aliphatic carbocycles. The van der Waals surface area contributed by atoms with Gasteiger partial charge in [0.25, 0.3) is 0 Å². The summed E-state index contributed by atoms with van der Waals surface area (Å²) in [6.45, 7) is 0.585. The van der Waals surface area contributed by atoms with E-state index in [-0.39, 0.29) is 22.7 Å². The van der Waals surface area contributed by atoms with Gasteiger partial charge in [0.05, 0.1) is 17.6 Å². The number of halogens is 1. The second-order valence-corrected chi connectivity index (χ2v) is 6.87. The van der Waals surface area contributed by atoms with Gasteiger partial charge in [0.15, 0.2) is 11.5 Å². The Bertz CT molecular complexity index is 1310. The van der Waals surface area contributed by atoms with Crippen LogP contribution in [0.4, 0.5) is 10.1 Å². The van der Waals surface area contributed by atoms with Crippen LogP contribution in [-0.4, -0.2) is 32.0 Å². The minimum atomic E-state index is -0.536. The van der Waals surface area contributed by atoms with Gasteiger partial charge in [-0.25, -0.2) is 13.8 Å². The topological polar surface area (TPSA) is 73.0 Å². The van der Waals surface area contributed by atoms with Crippen molar-refractivity contribution in [2.45, 2.75) is 6.42 Å². The molecule has 3 heterocycles. The standard InChI is InChI=1S/C22H16FN5O2/c23-17-14-16(26-12-10-21(26)30)6-7-18(17)27-13-9-20(29)22(25-27)19-8-11-24-28(19)15-4-2-1-3-5-15/h1-9,11,13-14H,10,12H2. The quantitative estimate of drug-likeness (QED) is 0.493. The van der Waals surface area contributed by atoms with E-state index in [2.05, 4.69) is 10.2 Å². The molecule has 0 N–H and O–H groups in total. The number of aromatic nitrogens is 4. The summed E-state index contributed by atoms with van der Waals surface area (Å²) in [7, 11) is 0. The summed E-state index contributed by atoms with van der Waals surface area (Å²) in [6, 6.07) is 16.9. The Balaban J connectivity index is 1.57. The number of hydrogen-bond donors (Lipinski definition) is 0. The Morgan fingerprint density at radius 2 is 1.77 bits per heavy atom. The second-order valence-electron chi connectivity index (χ2n) is 6.87. The number of hydrogen-bond acceptors (Lipinski definition) is 4. The van der Waals surface area contributed by atoms with Crippen LogP contribution in [0.1, 0.15) is 6.42 Å². The van der Waals surface area contributed by atoms with Crippen molar-refractivity contribution in [3.8, 4) is 22.8 Å². The third-order valence-electron chi connectivity index (χ3n) is 5.03. The van der Waals surface area contributed by atoms with Crippen LogP contribution < -0.4 is 10.3 Å². The van der Waals surface area contributed by atoms with Crippen LogP contribution in [0.25, 0.3) is 22.8 Å². The van der Waals surface area contributed by atoms with Crippen LogP contribution in [0.5, 0.6) is 0 Å². The molecular formula is C22H16FN5O2. The van der Waals surface area contributed by atoms with Crippen molar-refractivity contribution < 1.29 is 9.18 Å². The molecule has 1 aliphatic rings. The molecule has 0 atom stereocenters. The number of carbonyl (C=O) groups is 1. The molecule has 1 saturated heterocycles. The van der Waals surface area contributed by atoms with Gasteiger partial charge in [-0.15, -0.1) is 0 Å². The summed E-state index contributed by atoms with van der Waals surface area (Å²) in [5.74, 6) is -0.564. The van der Waals surface area contributed by atoms with Gasteiger partial charge in [0, 0.05) is 30.9 Å². The molecule has 2 aromatic heterocycles. The molecule has 148 valence electrons. The molecule has 0 bridgehead atoms. The summed E-state index contributed by atoms with van der Waals surface area (Å²) < 4.78 is 17.7. The first-order valence-electron chi connectivity index (χ1n) is 9.42. The number of carbonyl (C=O) groups excluding carboxylic acids is 1. The van der Waals surface area contributed by atoms with E-state index in [0.717, 1.165) is 5.69 Å². The normalized spacial score (nSPS) is 13.4. The molecule has 30 heavy (non-hydrogen) atoms. The maximum atomic E-state index is 14.8. The summed E-state index contributed by atoms with van der Waals surface area (Å²) in [5.41, 5.74) is 1.83. The van der Waals surface area contributed by atoms with E-state index in [4.69, 9.17) is 0 Å². The first-order chi connectivity index (χ1) is 14.6. The van der Waals surface area contributed by atoms with E-state index in [9.17, 15) is 14.0 Å². The molecular weight excluding hydrogens is 385 g/mol. The van der Waals surface area contributed by atoms with Gasteiger partial charge < -0.3 is 4.90 Å². The lowest BCUT2D eigenvalue weighted by Gasteiger charge is -2.30. The Labute approximate surface area is 170 Å². The number of β-lactam (4-membered cyclic amide) rings is 1. The van der Waals surface area contributed by atoms with Crippen molar-refractivity contribution in [3.63, 3.8) is 0 Å². The smallest absolute Gasteiger partial charge is 0.228 e. The van der Waals surface area contributed by atoms with E-state index >= 15 is 0 Å². The third-order valence-corrected chi connectivity index (χ3v) is 5.03. The highest BCUT2D eigenvalue weighted by Gasteiger charge is 2.26. The minimum absolute atomic E-state index is 0.0277. The zero-order valence-corrected chi connectivity index (χ0v) is 15.8. The fourth-order valence-corrected chi connectivity index (χ4v) is 3.41. The van der Waals surface area contributed by atoms with Gasteiger partial charge in [-0.05, 0) is 36.4 Å². The largest absolute Gasteiger partial charge is 0.312 e. The van der Waals surface area contributed by atoms with Crippen molar-refractivity contribution in [3.05, 3.63) is 89.1 Å². The third kappa shape index (κ3) is 2.98. The van der Waals surface area contributed by atoms with Gasteiger partial charge in [-0.3, -0.25) is 9.59 Å². The summed E-state index contributed by atoms with van der Waals surface area (Å²) >= 11 is 0. The zero-order chi connectivity index (χ0) is 20.7. The molecule has 1 fully saturated rings. The number of anilines is 1. The number of amides is 1. The lowest BCUT2D eigenvalue weighted by Crippen LogP contribution is -2.43. The van der Waals surface area contributed by atoms with E-state index in [1.165, 1.54) is 27.9 Å². The van der Waals surface area contributed by atoms with Gasteiger partial charge in [-0.1, -0.05) is 18.2 Å². The molecule has 1 aliphatic heterocycles. The average Bonchev–Trinajstić information content (AvgIpc) is 3.24. The van der Waals surface area contributed by atoms with Crippen molar-refractivity contribution in [1.29, 1.82) is 0 Å². The van der Waals surface area contributed by atoms with E-state index in [0.29, 0.717) is 24.3 Å². The van der Waals surface area contributed by atoms with Crippen LogP contribution in [0.3, 0.4) is 0 Å². The maximum absolute atomic E-state index is 14.8. The lowest BCUT2D eigenvalue weighted by molar-refractivity contribution is -0.122. The second kappa shape index (κ2) is 7.07. The first kappa shape index (κ1) is 18.0. The molecule has 0 radical (unpaired) electrons. The highest BCUT2D eigenvalue weighted by Crippen LogP contribution is 2.26. The van der Waals surface area contributed by atoms with E-state index in [1.807, 2.05) is 30.3 Å². The van der Waals surface area contributed by atoms with Crippen LogP contribution in [0, 0.1) is 5.82 Å². The van der Waals surface area contributed by atoms with Crippen molar-refractivity contribution >= 4 is 11.6 Å². The molecule has 0 spiro atoms. The predicted molar refractivity (Wildman–Crippen MR) is 109 cm³/mol. The van der Waals surface area contributed by atoms with Crippen LogP contribution in [-0.2, 0) is 4.79 Å². The van der Waals surface area contributed by atoms with Crippen molar-refractivity contribution in [1.82, 2.24) is 19.6 Å². The van der Waals surface area contributed by atoms with Crippen LogP contribution in [0.15, 0.2) is 77.9 Å². The Kier molecular flexibility index (Phi) is 4.24. The highest BCUT2D eigenvalue weighted by molar-refractivity contribution is 5.99. The molecule has 1 amide bonds. The monoisotopic (exact) mass is 401 g/mol. The minimum Gasteiger partial charge on any atom is -0.312 e. The van der Waals surface area contributed by atoms with Gasteiger partial charge in [-0.2, -0.15) is 10.2 Å². The Hall–Kier alpha value is -4.07. The zero-order valence-electron chi connectivity index (χ0n) is 15.8. The summed E-state index contributed by atoms with van der Waals surface area (Å²) in [6.07, 6.45) is 3.48. The van der Waals surface area contributed by atoms with Crippen LogP contribution in [0.2, 0.25) is 0 Å². The molecule has 7 nitrogen and oxygen atoms in total. The summed E-state index contributed by atoms with van der Waals surface area (Å²) in [4.78, 5) is 25.7. The molecule has 5 rings (SSSR count). The van der Waals surface area contributed by atoms with Crippen molar-refractivity contribution in [2.24, 2.45) is 0 Å². The number of benzene rings is 2.